The fourth-order valence-corrected chi connectivity index (χ4v) is 1.88. The van der Waals surface area contributed by atoms with Crippen molar-refractivity contribution in [1.82, 2.24) is 10.9 Å². The lowest BCUT2D eigenvalue weighted by molar-refractivity contribution is -0.123. The summed E-state index contributed by atoms with van der Waals surface area (Å²) < 4.78 is 5.34. The zero-order chi connectivity index (χ0) is 15.9. The van der Waals surface area contributed by atoms with Crippen LogP contribution in [-0.4, -0.2) is 18.4 Å². The Morgan fingerprint density at radius 2 is 1.64 bits per heavy atom. The number of hydrogen-bond acceptors (Lipinski definition) is 3. The van der Waals surface area contributed by atoms with Crippen LogP contribution in [0.3, 0.4) is 0 Å². The van der Waals surface area contributed by atoms with E-state index in [1.54, 1.807) is 24.3 Å². The molecule has 2 rings (SSSR count). The highest BCUT2D eigenvalue weighted by Crippen LogP contribution is 2.11. The van der Waals surface area contributed by atoms with Gasteiger partial charge in [-0.25, -0.2) is 0 Å². The second kappa shape index (κ2) is 7.26. The summed E-state index contributed by atoms with van der Waals surface area (Å²) in [5, 5.41) is 0. The minimum atomic E-state index is -0.428. The summed E-state index contributed by atoms with van der Waals surface area (Å²) in [6, 6.07) is 14.5. The minimum Gasteiger partial charge on any atom is -0.484 e. The number of carbonyl (C=O) groups excluding carboxylic acids is 2. The van der Waals surface area contributed by atoms with Gasteiger partial charge in [0.25, 0.3) is 11.8 Å². The number of ether oxygens (including phenoxy) is 1. The number of amides is 2. The van der Waals surface area contributed by atoms with Crippen molar-refractivity contribution in [2.24, 2.45) is 0 Å². The summed E-state index contributed by atoms with van der Waals surface area (Å²) >= 11 is 0. The van der Waals surface area contributed by atoms with Crippen molar-refractivity contribution in [3.8, 4) is 5.75 Å². The molecule has 2 amide bonds. The SMILES string of the molecule is Cc1cccc(OCC(=O)NNC(=O)c2cccc(C)c2)c1. The topological polar surface area (TPSA) is 67.4 Å². The summed E-state index contributed by atoms with van der Waals surface area (Å²) in [7, 11) is 0. The zero-order valence-electron chi connectivity index (χ0n) is 12.6. The summed E-state index contributed by atoms with van der Waals surface area (Å²) in [4.78, 5) is 23.5. The number of hydrogen-bond donors (Lipinski definition) is 2. The van der Waals surface area contributed by atoms with Crippen molar-refractivity contribution >= 4 is 11.8 Å². The summed E-state index contributed by atoms with van der Waals surface area (Å²) in [6.45, 7) is 3.66. The Balaban J connectivity index is 1.79. The molecule has 22 heavy (non-hydrogen) atoms. The fraction of sp³-hybridized carbons (Fsp3) is 0.176. The largest absolute Gasteiger partial charge is 0.484 e. The van der Waals surface area contributed by atoms with E-state index in [0.717, 1.165) is 11.1 Å². The number of aryl methyl sites for hydroxylation is 2. The molecule has 5 heteroatoms. The Labute approximate surface area is 129 Å². The van der Waals surface area contributed by atoms with Gasteiger partial charge in [-0.2, -0.15) is 0 Å². The van der Waals surface area contributed by atoms with E-state index >= 15 is 0 Å². The maximum absolute atomic E-state index is 11.9. The molecule has 0 aliphatic heterocycles. The Morgan fingerprint density at radius 3 is 2.32 bits per heavy atom. The van der Waals surface area contributed by atoms with Gasteiger partial charge < -0.3 is 4.74 Å². The summed E-state index contributed by atoms with van der Waals surface area (Å²) in [6.07, 6.45) is 0. The van der Waals surface area contributed by atoms with Crippen LogP contribution in [-0.2, 0) is 4.79 Å². The van der Waals surface area contributed by atoms with Crippen molar-refractivity contribution in [3.63, 3.8) is 0 Å². The lowest BCUT2D eigenvalue weighted by Crippen LogP contribution is -2.43. The molecule has 0 spiro atoms. The number of carbonyl (C=O) groups is 2. The fourth-order valence-electron chi connectivity index (χ4n) is 1.88. The van der Waals surface area contributed by atoms with Crippen LogP contribution in [0.2, 0.25) is 0 Å². The third-order valence-electron chi connectivity index (χ3n) is 2.96. The lowest BCUT2D eigenvalue weighted by Gasteiger charge is -2.09. The van der Waals surface area contributed by atoms with E-state index < -0.39 is 5.91 Å². The van der Waals surface area contributed by atoms with Crippen LogP contribution < -0.4 is 15.6 Å². The van der Waals surface area contributed by atoms with Gasteiger partial charge in [0, 0.05) is 5.56 Å². The lowest BCUT2D eigenvalue weighted by atomic mass is 10.1. The van der Waals surface area contributed by atoms with Crippen LogP contribution in [0.1, 0.15) is 21.5 Å². The number of rotatable bonds is 4. The quantitative estimate of drug-likeness (QED) is 0.850. The van der Waals surface area contributed by atoms with Crippen LogP contribution >= 0.6 is 0 Å². The highest BCUT2D eigenvalue weighted by molar-refractivity contribution is 5.95. The standard InChI is InChI=1S/C17H18N2O3/c1-12-5-3-7-14(9-12)17(21)19-18-16(20)11-22-15-8-4-6-13(2)10-15/h3-10H,11H2,1-2H3,(H,18,20)(H,19,21). The molecule has 0 bridgehead atoms. The molecule has 2 aromatic rings. The molecule has 0 aromatic heterocycles. The Hall–Kier alpha value is -2.82. The van der Waals surface area contributed by atoms with Crippen LogP contribution in [0.25, 0.3) is 0 Å². The van der Waals surface area contributed by atoms with E-state index in [2.05, 4.69) is 10.9 Å². The summed E-state index contributed by atoms with van der Waals surface area (Å²) in [5.41, 5.74) is 7.18. The average Bonchev–Trinajstić information content (AvgIpc) is 2.50. The second-order valence-electron chi connectivity index (χ2n) is 4.98. The maximum Gasteiger partial charge on any atom is 0.276 e. The molecule has 0 aliphatic rings. The number of nitrogens with one attached hydrogen (secondary N) is 2. The molecule has 0 aliphatic carbocycles. The van der Waals surface area contributed by atoms with E-state index in [4.69, 9.17) is 4.74 Å². The van der Waals surface area contributed by atoms with Gasteiger partial charge >= 0.3 is 0 Å². The smallest absolute Gasteiger partial charge is 0.276 e. The predicted molar refractivity (Wildman–Crippen MR) is 83.5 cm³/mol. The van der Waals surface area contributed by atoms with E-state index in [1.165, 1.54) is 0 Å². The molecular weight excluding hydrogens is 280 g/mol. The van der Waals surface area contributed by atoms with Gasteiger partial charge in [-0.05, 0) is 43.7 Å². The predicted octanol–water partition coefficient (Wildman–Crippen LogP) is 2.14. The van der Waals surface area contributed by atoms with Crippen molar-refractivity contribution in [3.05, 3.63) is 65.2 Å². The Morgan fingerprint density at radius 1 is 0.955 bits per heavy atom. The molecule has 0 atom stereocenters. The van der Waals surface area contributed by atoms with Gasteiger partial charge in [0.05, 0.1) is 0 Å². The van der Waals surface area contributed by atoms with Crippen LogP contribution in [0.15, 0.2) is 48.5 Å². The van der Waals surface area contributed by atoms with Crippen molar-refractivity contribution in [1.29, 1.82) is 0 Å². The summed E-state index contributed by atoms with van der Waals surface area (Å²) in [5.74, 6) is -0.185. The van der Waals surface area contributed by atoms with Crippen LogP contribution in [0.4, 0.5) is 0 Å². The molecular formula is C17H18N2O3. The third-order valence-corrected chi connectivity index (χ3v) is 2.96. The van der Waals surface area contributed by atoms with E-state index in [1.807, 2.05) is 38.1 Å². The van der Waals surface area contributed by atoms with Gasteiger partial charge in [0.1, 0.15) is 5.75 Å². The average molecular weight is 298 g/mol. The molecule has 2 aromatic carbocycles. The van der Waals surface area contributed by atoms with Crippen LogP contribution in [0, 0.1) is 13.8 Å². The minimum absolute atomic E-state index is 0.169. The molecule has 0 unspecified atom stereocenters. The first-order valence-corrected chi connectivity index (χ1v) is 6.90. The van der Waals surface area contributed by atoms with E-state index in [0.29, 0.717) is 11.3 Å². The molecule has 0 heterocycles. The van der Waals surface area contributed by atoms with Gasteiger partial charge in [0.2, 0.25) is 0 Å². The highest BCUT2D eigenvalue weighted by atomic mass is 16.5. The zero-order valence-corrected chi connectivity index (χ0v) is 12.6. The highest BCUT2D eigenvalue weighted by Gasteiger charge is 2.08. The normalized spacial score (nSPS) is 9.91. The van der Waals surface area contributed by atoms with E-state index in [-0.39, 0.29) is 12.5 Å². The van der Waals surface area contributed by atoms with Crippen molar-refractivity contribution in [2.45, 2.75) is 13.8 Å². The first-order chi connectivity index (χ1) is 10.5. The molecule has 0 fully saturated rings. The third kappa shape index (κ3) is 4.63. The molecule has 5 nitrogen and oxygen atoms in total. The monoisotopic (exact) mass is 298 g/mol. The number of benzene rings is 2. The second-order valence-corrected chi connectivity index (χ2v) is 4.98. The van der Waals surface area contributed by atoms with Crippen LogP contribution in [0.5, 0.6) is 5.75 Å². The molecule has 114 valence electrons. The van der Waals surface area contributed by atoms with Gasteiger partial charge in [-0.1, -0.05) is 29.8 Å². The number of hydrazine groups is 1. The molecule has 0 saturated carbocycles. The van der Waals surface area contributed by atoms with Gasteiger partial charge in [-0.3, -0.25) is 20.4 Å². The van der Waals surface area contributed by atoms with Crippen molar-refractivity contribution in [2.75, 3.05) is 6.61 Å². The first-order valence-electron chi connectivity index (χ1n) is 6.90. The molecule has 0 radical (unpaired) electrons. The molecule has 0 saturated heterocycles. The Bertz CT molecular complexity index is 683. The Kier molecular flexibility index (Phi) is 5.14. The van der Waals surface area contributed by atoms with Crippen molar-refractivity contribution < 1.29 is 14.3 Å². The van der Waals surface area contributed by atoms with Gasteiger partial charge in [0.15, 0.2) is 6.61 Å². The van der Waals surface area contributed by atoms with E-state index in [9.17, 15) is 9.59 Å². The van der Waals surface area contributed by atoms with Gasteiger partial charge in [-0.15, -0.1) is 0 Å². The maximum atomic E-state index is 11.9. The first kappa shape index (κ1) is 15.6. The molecule has 2 N–H and O–H groups in total.